The SMILES string of the molecule is C=CCOc1cccc(C=C2N=C(c3ccc(Cl)cc3Cl)OC2=O)c1. The summed E-state index contributed by atoms with van der Waals surface area (Å²) in [7, 11) is 0. The quantitative estimate of drug-likeness (QED) is 0.425. The Hall–Kier alpha value is -2.56. The normalized spacial score (nSPS) is 15.0. The number of halogens is 2. The van der Waals surface area contributed by atoms with Gasteiger partial charge in [0.15, 0.2) is 5.70 Å². The Morgan fingerprint density at radius 2 is 2.04 bits per heavy atom. The molecular formula is C19H13Cl2NO3. The van der Waals surface area contributed by atoms with Crippen LogP contribution in [0.2, 0.25) is 10.0 Å². The van der Waals surface area contributed by atoms with Crippen molar-refractivity contribution in [3.8, 4) is 5.75 Å². The molecule has 0 saturated heterocycles. The summed E-state index contributed by atoms with van der Waals surface area (Å²) in [6.07, 6.45) is 3.28. The van der Waals surface area contributed by atoms with Crippen LogP contribution < -0.4 is 4.74 Å². The van der Waals surface area contributed by atoms with E-state index < -0.39 is 5.97 Å². The lowest BCUT2D eigenvalue weighted by atomic mass is 10.2. The zero-order chi connectivity index (χ0) is 17.8. The molecule has 0 atom stereocenters. The van der Waals surface area contributed by atoms with E-state index in [0.717, 1.165) is 5.56 Å². The molecule has 0 saturated carbocycles. The molecule has 0 N–H and O–H groups in total. The van der Waals surface area contributed by atoms with Crippen LogP contribution in [0.1, 0.15) is 11.1 Å². The molecule has 0 radical (unpaired) electrons. The van der Waals surface area contributed by atoms with Crippen LogP contribution in [0.4, 0.5) is 0 Å². The molecule has 0 spiro atoms. The van der Waals surface area contributed by atoms with Crippen LogP contribution in [0.3, 0.4) is 0 Å². The summed E-state index contributed by atoms with van der Waals surface area (Å²) in [5.74, 6) is 0.279. The minimum atomic E-state index is -0.543. The van der Waals surface area contributed by atoms with Gasteiger partial charge in [-0.15, -0.1) is 0 Å². The Morgan fingerprint density at radius 3 is 2.80 bits per heavy atom. The third-order valence-corrected chi connectivity index (χ3v) is 3.86. The predicted octanol–water partition coefficient (Wildman–Crippen LogP) is 4.90. The maximum Gasteiger partial charge on any atom is 0.363 e. The minimum Gasteiger partial charge on any atom is -0.490 e. The van der Waals surface area contributed by atoms with Gasteiger partial charge in [-0.25, -0.2) is 9.79 Å². The zero-order valence-electron chi connectivity index (χ0n) is 13.0. The Kier molecular flexibility index (Phi) is 5.22. The number of cyclic esters (lactones) is 1. The van der Waals surface area contributed by atoms with Crippen molar-refractivity contribution in [2.24, 2.45) is 4.99 Å². The molecule has 0 aliphatic carbocycles. The highest BCUT2D eigenvalue weighted by atomic mass is 35.5. The van der Waals surface area contributed by atoms with Crippen molar-refractivity contribution in [1.29, 1.82) is 0 Å². The second kappa shape index (κ2) is 7.55. The first-order chi connectivity index (χ1) is 12.1. The Balaban J connectivity index is 1.89. The third kappa shape index (κ3) is 4.10. The van der Waals surface area contributed by atoms with Crippen molar-refractivity contribution in [3.63, 3.8) is 0 Å². The van der Waals surface area contributed by atoms with Gasteiger partial charge >= 0.3 is 5.97 Å². The smallest absolute Gasteiger partial charge is 0.363 e. The second-order valence-corrected chi connectivity index (χ2v) is 5.98. The lowest BCUT2D eigenvalue weighted by Crippen LogP contribution is -2.05. The summed E-state index contributed by atoms with van der Waals surface area (Å²) >= 11 is 12.0. The maximum absolute atomic E-state index is 12.1. The number of carbonyl (C=O) groups excluding carboxylic acids is 1. The number of esters is 1. The Bertz CT molecular complexity index is 903. The van der Waals surface area contributed by atoms with Gasteiger partial charge in [-0.1, -0.05) is 48.0 Å². The first-order valence-corrected chi connectivity index (χ1v) is 8.14. The van der Waals surface area contributed by atoms with Gasteiger partial charge in [0.25, 0.3) is 0 Å². The first-order valence-electron chi connectivity index (χ1n) is 7.38. The lowest BCUT2D eigenvalue weighted by Gasteiger charge is -2.03. The highest BCUT2D eigenvalue weighted by molar-refractivity contribution is 6.37. The molecule has 1 aliphatic heterocycles. The molecule has 0 bridgehead atoms. The summed E-state index contributed by atoms with van der Waals surface area (Å²) in [6.45, 7) is 4.01. The molecule has 6 heteroatoms. The summed E-state index contributed by atoms with van der Waals surface area (Å²) in [4.78, 5) is 16.3. The number of hydrogen-bond acceptors (Lipinski definition) is 4. The molecule has 2 aromatic rings. The van der Waals surface area contributed by atoms with Gasteiger partial charge < -0.3 is 9.47 Å². The van der Waals surface area contributed by atoms with Crippen LogP contribution in [0.5, 0.6) is 5.75 Å². The lowest BCUT2D eigenvalue weighted by molar-refractivity contribution is -0.129. The van der Waals surface area contributed by atoms with E-state index in [2.05, 4.69) is 11.6 Å². The van der Waals surface area contributed by atoms with E-state index in [-0.39, 0.29) is 11.6 Å². The topological polar surface area (TPSA) is 47.9 Å². The Morgan fingerprint density at radius 1 is 1.20 bits per heavy atom. The van der Waals surface area contributed by atoms with Crippen LogP contribution in [0.15, 0.2) is 65.8 Å². The minimum absolute atomic E-state index is 0.150. The highest BCUT2D eigenvalue weighted by Gasteiger charge is 2.25. The fourth-order valence-electron chi connectivity index (χ4n) is 2.19. The predicted molar refractivity (Wildman–Crippen MR) is 99.2 cm³/mol. The number of carbonyl (C=O) groups is 1. The van der Waals surface area contributed by atoms with Crippen LogP contribution in [0, 0.1) is 0 Å². The molecule has 0 aromatic heterocycles. The fourth-order valence-corrected chi connectivity index (χ4v) is 2.68. The van der Waals surface area contributed by atoms with Gasteiger partial charge in [0.2, 0.25) is 5.90 Å². The molecule has 0 amide bonds. The van der Waals surface area contributed by atoms with Crippen molar-refractivity contribution in [1.82, 2.24) is 0 Å². The van der Waals surface area contributed by atoms with E-state index in [9.17, 15) is 4.79 Å². The number of nitrogens with zero attached hydrogens (tertiary/aromatic N) is 1. The molecule has 126 valence electrons. The summed E-state index contributed by atoms with van der Waals surface area (Å²) in [5, 5.41) is 0.853. The van der Waals surface area contributed by atoms with Crippen LogP contribution in [0.25, 0.3) is 6.08 Å². The van der Waals surface area contributed by atoms with Crippen molar-refractivity contribution >= 4 is 41.1 Å². The molecular weight excluding hydrogens is 361 g/mol. The van der Waals surface area contributed by atoms with Crippen molar-refractivity contribution in [2.45, 2.75) is 0 Å². The average molecular weight is 374 g/mol. The van der Waals surface area contributed by atoms with Gasteiger partial charge in [-0.3, -0.25) is 0 Å². The van der Waals surface area contributed by atoms with E-state index in [0.29, 0.717) is 28.0 Å². The highest BCUT2D eigenvalue weighted by Crippen LogP contribution is 2.26. The number of rotatable bonds is 5. The van der Waals surface area contributed by atoms with Crippen molar-refractivity contribution < 1.29 is 14.3 Å². The third-order valence-electron chi connectivity index (χ3n) is 3.31. The van der Waals surface area contributed by atoms with Gasteiger partial charge in [-0.2, -0.15) is 0 Å². The molecule has 25 heavy (non-hydrogen) atoms. The molecule has 0 unspecified atom stereocenters. The standard InChI is InChI=1S/C19H13Cl2NO3/c1-2-8-24-14-5-3-4-12(9-14)10-17-19(23)25-18(22-17)15-7-6-13(20)11-16(15)21/h2-7,9-11H,1,8H2. The number of aliphatic imine (C=N–C) groups is 1. The number of benzene rings is 2. The monoisotopic (exact) mass is 373 g/mol. The second-order valence-electron chi connectivity index (χ2n) is 5.13. The molecule has 4 nitrogen and oxygen atoms in total. The van der Waals surface area contributed by atoms with Crippen molar-refractivity contribution in [3.05, 3.63) is 82.0 Å². The summed E-state index contributed by atoms with van der Waals surface area (Å²) < 4.78 is 10.7. The van der Waals surface area contributed by atoms with E-state index in [1.165, 1.54) is 0 Å². The van der Waals surface area contributed by atoms with Gasteiger partial charge in [0.05, 0.1) is 10.6 Å². The number of hydrogen-bond donors (Lipinski definition) is 0. The van der Waals surface area contributed by atoms with Gasteiger partial charge in [0.1, 0.15) is 12.4 Å². The van der Waals surface area contributed by atoms with Gasteiger partial charge in [-0.05, 0) is 42.0 Å². The molecule has 2 aromatic carbocycles. The van der Waals surface area contributed by atoms with E-state index in [1.807, 2.05) is 18.2 Å². The Labute approximate surface area is 155 Å². The van der Waals surface area contributed by atoms with E-state index in [4.69, 9.17) is 32.7 Å². The molecule has 1 aliphatic rings. The summed E-state index contributed by atoms with van der Waals surface area (Å²) in [6, 6.07) is 12.2. The van der Waals surface area contributed by atoms with E-state index in [1.54, 1.807) is 36.4 Å². The van der Waals surface area contributed by atoms with Crippen LogP contribution in [-0.2, 0) is 9.53 Å². The van der Waals surface area contributed by atoms with Crippen LogP contribution >= 0.6 is 23.2 Å². The maximum atomic E-state index is 12.1. The zero-order valence-corrected chi connectivity index (χ0v) is 14.6. The molecule has 1 heterocycles. The molecule has 0 fully saturated rings. The average Bonchev–Trinajstić information content (AvgIpc) is 2.93. The van der Waals surface area contributed by atoms with Gasteiger partial charge in [0, 0.05) is 5.02 Å². The molecule has 3 rings (SSSR count). The largest absolute Gasteiger partial charge is 0.490 e. The van der Waals surface area contributed by atoms with Crippen LogP contribution in [-0.4, -0.2) is 18.5 Å². The van der Waals surface area contributed by atoms with E-state index >= 15 is 0 Å². The first kappa shape index (κ1) is 17.3. The number of ether oxygens (including phenoxy) is 2. The summed E-state index contributed by atoms with van der Waals surface area (Å²) in [5.41, 5.74) is 1.45. The fraction of sp³-hybridized carbons (Fsp3) is 0.0526. The van der Waals surface area contributed by atoms with Crippen molar-refractivity contribution in [2.75, 3.05) is 6.61 Å².